The van der Waals surface area contributed by atoms with Gasteiger partial charge in [0.05, 0.1) is 17.4 Å². The van der Waals surface area contributed by atoms with Crippen LogP contribution in [-0.4, -0.2) is 48.6 Å². The molecule has 6 nitrogen and oxygen atoms in total. The first-order chi connectivity index (χ1) is 9.22. The van der Waals surface area contributed by atoms with E-state index in [1.54, 1.807) is 6.92 Å². The molecule has 0 radical (unpaired) electrons. The van der Waals surface area contributed by atoms with Crippen LogP contribution in [0, 0.1) is 0 Å². The number of carboxylic acid groups (broad SMARTS) is 1. The number of aromatic carboxylic acids is 1. The van der Waals surface area contributed by atoms with E-state index in [-0.39, 0.29) is 17.9 Å². The van der Waals surface area contributed by atoms with E-state index in [9.17, 15) is 13.2 Å². The highest BCUT2D eigenvalue weighted by Crippen LogP contribution is 2.12. The molecule has 0 aliphatic carbocycles. The minimum atomic E-state index is -3.47. The Bertz CT molecular complexity index is 551. The third kappa shape index (κ3) is 4.92. The van der Waals surface area contributed by atoms with Crippen LogP contribution in [0.4, 0.5) is 0 Å². The molecule has 0 aliphatic heterocycles. The van der Waals surface area contributed by atoms with E-state index < -0.39 is 22.1 Å². The number of aliphatic hydroxyl groups excluding tert-OH is 1. The average molecular weight is 301 g/mol. The van der Waals surface area contributed by atoms with Crippen molar-refractivity contribution < 1.29 is 23.4 Å². The fraction of sp³-hybridized carbons (Fsp3) is 0.462. The Kier molecular flexibility index (Phi) is 5.67. The Balaban J connectivity index is 2.72. The molecular formula is C13H19NO5S. The molecule has 20 heavy (non-hydrogen) atoms. The van der Waals surface area contributed by atoms with Crippen molar-refractivity contribution in [2.75, 3.05) is 13.6 Å². The number of hydrogen-bond donors (Lipinski definition) is 2. The standard InChI is InChI=1S/C13H19NO5S/c1-10(15)7-8-14(2)20(18,19)9-11-3-5-12(6-4-11)13(16)17/h3-6,10,15H,7-9H2,1-2H3,(H,16,17). The van der Waals surface area contributed by atoms with Gasteiger partial charge in [-0.3, -0.25) is 0 Å². The lowest BCUT2D eigenvalue weighted by molar-refractivity contribution is 0.0697. The number of nitrogens with zero attached hydrogens (tertiary/aromatic N) is 1. The van der Waals surface area contributed by atoms with E-state index >= 15 is 0 Å². The Labute approximate surface area is 118 Å². The van der Waals surface area contributed by atoms with Crippen LogP contribution in [0.1, 0.15) is 29.3 Å². The van der Waals surface area contributed by atoms with Crippen LogP contribution in [0.5, 0.6) is 0 Å². The van der Waals surface area contributed by atoms with Crippen molar-refractivity contribution in [3.63, 3.8) is 0 Å². The summed E-state index contributed by atoms with van der Waals surface area (Å²) in [5.41, 5.74) is 0.646. The summed E-state index contributed by atoms with van der Waals surface area (Å²) in [6, 6.07) is 5.74. The van der Waals surface area contributed by atoms with Crippen molar-refractivity contribution >= 4 is 16.0 Å². The normalized spacial score (nSPS) is 13.4. The smallest absolute Gasteiger partial charge is 0.335 e. The van der Waals surface area contributed by atoms with Crippen LogP contribution in [0.3, 0.4) is 0 Å². The molecule has 1 aromatic carbocycles. The molecule has 0 saturated heterocycles. The van der Waals surface area contributed by atoms with E-state index in [0.29, 0.717) is 12.0 Å². The molecule has 1 atom stereocenters. The maximum atomic E-state index is 12.1. The number of aliphatic hydroxyl groups is 1. The Morgan fingerprint density at radius 3 is 2.30 bits per heavy atom. The summed E-state index contributed by atoms with van der Waals surface area (Å²) in [6.07, 6.45) is -0.185. The van der Waals surface area contributed by atoms with Gasteiger partial charge in [0.25, 0.3) is 0 Å². The highest BCUT2D eigenvalue weighted by atomic mass is 32.2. The Hall–Kier alpha value is -1.44. The summed E-state index contributed by atoms with van der Waals surface area (Å²) in [7, 11) is -2.01. The lowest BCUT2D eigenvalue weighted by Crippen LogP contribution is -2.30. The molecule has 7 heteroatoms. The summed E-state index contributed by atoms with van der Waals surface area (Å²) < 4.78 is 25.3. The third-order valence-corrected chi connectivity index (χ3v) is 4.72. The number of benzene rings is 1. The predicted molar refractivity (Wildman–Crippen MR) is 75.0 cm³/mol. The monoisotopic (exact) mass is 301 g/mol. The van der Waals surface area contributed by atoms with E-state index in [1.807, 2.05) is 0 Å². The quantitative estimate of drug-likeness (QED) is 0.781. The largest absolute Gasteiger partial charge is 0.478 e. The maximum absolute atomic E-state index is 12.1. The molecule has 112 valence electrons. The van der Waals surface area contributed by atoms with Crippen LogP contribution < -0.4 is 0 Å². The van der Waals surface area contributed by atoms with Crippen molar-refractivity contribution in [1.82, 2.24) is 4.31 Å². The topological polar surface area (TPSA) is 94.9 Å². The molecule has 0 bridgehead atoms. The molecule has 0 aromatic heterocycles. The Morgan fingerprint density at radius 2 is 1.85 bits per heavy atom. The SMILES string of the molecule is CC(O)CCN(C)S(=O)(=O)Cc1ccc(C(=O)O)cc1. The average Bonchev–Trinajstić information content (AvgIpc) is 2.35. The summed E-state index contributed by atoms with van der Waals surface area (Å²) >= 11 is 0. The molecule has 0 spiro atoms. The number of hydrogen-bond acceptors (Lipinski definition) is 4. The first-order valence-electron chi connectivity index (χ1n) is 6.16. The van der Waals surface area contributed by atoms with Gasteiger partial charge in [-0.1, -0.05) is 12.1 Å². The van der Waals surface area contributed by atoms with Gasteiger partial charge in [0.2, 0.25) is 10.0 Å². The van der Waals surface area contributed by atoms with Crippen LogP contribution >= 0.6 is 0 Å². The number of rotatable bonds is 7. The zero-order valence-electron chi connectivity index (χ0n) is 11.5. The maximum Gasteiger partial charge on any atom is 0.335 e. The van der Waals surface area contributed by atoms with Gasteiger partial charge in [-0.2, -0.15) is 0 Å². The number of carboxylic acids is 1. The van der Waals surface area contributed by atoms with Gasteiger partial charge >= 0.3 is 5.97 Å². The predicted octanol–water partition coefficient (Wildman–Crippen LogP) is 0.917. The molecule has 0 fully saturated rings. The summed E-state index contributed by atoms with van der Waals surface area (Å²) in [5.74, 6) is -1.24. The van der Waals surface area contributed by atoms with Crippen LogP contribution in [0.15, 0.2) is 24.3 Å². The second-order valence-electron chi connectivity index (χ2n) is 4.72. The fourth-order valence-electron chi connectivity index (χ4n) is 1.57. The minimum absolute atomic E-state index is 0.119. The van der Waals surface area contributed by atoms with E-state index in [2.05, 4.69) is 0 Å². The molecule has 0 aliphatic rings. The zero-order valence-corrected chi connectivity index (χ0v) is 12.3. The third-order valence-electron chi connectivity index (χ3n) is 2.89. The molecule has 0 saturated carbocycles. The van der Waals surface area contributed by atoms with E-state index in [1.165, 1.54) is 35.6 Å². The van der Waals surface area contributed by atoms with Crippen molar-refractivity contribution in [1.29, 1.82) is 0 Å². The van der Waals surface area contributed by atoms with Crippen molar-refractivity contribution in [2.45, 2.75) is 25.2 Å². The molecule has 1 aromatic rings. The van der Waals surface area contributed by atoms with E-state index in [4.69, 9.17) is 10.2 Å². The summed E-state index contributed by atoms with van der Waals surface area (Å²) in [6.45, 7) is 1.85. The van der Waals surface area contributed by atoms with Crippen molar-refractivity contribution in [3.05, 3.63) is 35.4 Å². The van der Waals surface area contributed by atoms with Gasteiger partial charge in [-0.05, 0) is 31.0 Å². The molecule has 0 amide bonds. The molecule has 2 N–H and O–H groups in total. The number of sulfonamides is 1. The molecule has 1 unspecified atom stereocenters. The van der Waals surface area contributed by atoms with Gasteiger partial charge in [0, 0.05) is 13.6 Å². The van der Waals surface area contributed by atoms with Gasteiger partial charge in [0.1, 0.15) is 0 Å². The lowest BCUT2D eigenvalue weighted by Gasteiger charge is -2.18. The highest BCUT2D eigenvalue weighted by molar-refractivity contribution is 7.88. The Morgan fingerprint density at radius 1 is 1.30 bits per heavy atom. The first kappa shape index (κ1) is 16.6. The molecular weight excluding hydrogens is 282 g/mol. The van der Waals surface area contributed by atoms with Crippen LogP contribution in [0.2, 0.25) is 0 Å². The zero-order chi connectivity index (χ0) is 15.3. The van der Waals surface area contributed by atoms with Crippen LogP contribution in [-0.2, 0) is 15.8 Å². The van der Waals surface area contributed by atoms with E-state index in [0.717, 1.165) is 0 Å². The number of carbonyl (C=O) groups is 1. The van der Waals surface area contributed by atoms with Crippen molar-refractivity contribution in [2.24, 2.45) is 0 Å². The molecule has 0 heterocycles. The van der Waals surface area contributed by atoms with Gasteiger partial charge < -0.3 is 10.2 Å². The second-order valence-corrected chi connectivity index (χ2v) is 6.79. The lowest BCUT2D eigenvalue weighted by atomic mass is 10.1. The van der Waals surface area contributed by atoms with Gasteiger partial charge in [-0.25, -0.2) is 17.5 Å². The fourth-order valence-corrected chi connectivity index (χ4v) is 2.79. The highest BCUT2D eigenvalue weighted by Gasteiger charge is 2.19. The first-order valence-corrected chi connectivity index (χ1v) is 7.77. The van der Waals surface area contributed by atoms with Crippen molar-refractivity contribution in [3.8, 4) is 0 Å². The summed E-state index contributed by atoms with van der Waals surface area (Å²) in [4.78, 5) is 10.7. The minimum Gasteiger partial charge on any atom is -0.478 e. The second kappa shape index (κ2) is 6.83. The van der Waals surface area contributed by atoms with Gasteiger partial charge in [0.15, 0.2) is 0 Å². The summed E-state index contributed by atoms with van der Waals surface area (Å²) in [5, 5.41) is 17.9. The van der Waals surface area contributed by atoms with Gasteiger partial charge in [-0.15, -0.1) is 0 Å². The molecule has 1 rings (SSSR count). The van der Waals surface area contributed by atoms with Crippen LogP contribution in [0.25, 0.3) is 0 Å².